The van der Waals surface area contributed by atoms with Crippen molar-refractivity contribution in [3.63, 3.8) is 0 Å². The zero-order chi connectivity index (χ0) is 13.1. The van der Waals surface area contributed by atoms with E-state index in [1.54, 1.807) is 4.57 Å². The van der Waals surface area contributed by atoms with Crippen molar-refractivity contribution in [1.29, 1.82) is 0 Å². The molecule has 0 bridgehead atoms. The molecule has 18 heavy (non-hydrogen) atoms. The predicted octanol–water partition coefficient (Wildman–Crippen LogP) is 1.95. The monoisotopic (exact) mass is 271 g/mol. The number of aliphatic hydroxyl groups excluding tert-OH is 1. The topological polar surface area (TPSA) is 53.8 Å². The highest BCUT2D eigenvalue weighted by atomic mass is 32.1. The van der Waals surface area contributed by atoms with E-state index in [2.05, 4.69) is 10.2 Å². The van der Waals surface area contributed by atoms with Gasteiger partial charge in [0.1, 0.15) is 18.2 Å². The quantitative estimate of drug-likeness (QED) is 0.836. The van der Waals surface area contributed by atoms with Crippen LogP contribution in [0.25, 0.3) is 0 Å². The number of aromatic nitrogens is 3. The number of aryl methyl sites for hydroxylation is 1. The van der Waals surface area contributed by atoms with E-state index < -0.39 is 11.6 Å². The zero-order valence-corrected chi connectivity index (χ0v) is 10.2. The zero-order valence-electron chi connectivity index (χ0n) is 9.36. The van der Waals surface area contributed by atoms with Crippen LogP contribution in [-0.2, 0) is 19.6 Å². The molecule has 4 nitrogen and oxygen atoms in total. The van der Waals surface area contributed by atoms with Gasteiger partial charge in [0, 0.05) is 12.6 Å². The van der Waals surface area contributed by atoms with Gasteiger partial charge in [0.15, 0.2) is 10.6 Å². The summed E-state index contributed by atoms with van der Waals surface area (Å²) >= 11 is 4.99. The van der Waals surface area contributed by atoms with E-state index in [-0.39, 0.29) is 6.61 Å². The Morgan fingerprint density at radius 2 is 1.94 bits per heavy atom. The van der Waals surface area contributed by atoms with Crippen LogP contribution in [0.1, 0.15) is 11.4 Å². The largest absolute Gasteiger partial charge is 0.388 e. The summed E-state index contributed by atoms with van der Waals surface area (Å²) < 4.78 is 28.0. The molecular weight excluding hydrogens is 260 g/mol. The first-order valence-corrected chi connectivity index (χ1v) is 5.71. The molecule has 0 unspecified atom stereocenters. The second kappa shape index (κ2) is 5.36. The average molecular weight is 271 g/mol. The summed E-state index contributed by atoms with van der Waals surface area (Å²) in [6.45, 7) is 0.152. The molecule has 0 atom stereocenters. The predicted molar refractivity (Wildman–Crippen MR) is 63.4 cm³/mol. The molecule has 2 aromatic rings. The van der Waals surface area contributed by atoms with E-state index in [1.165, 1.54) is 12.1 Å². The van der Waals surface area contributed by atoms with Crippen LogP contribution in [-0.4, -0.2) is 19.9 Å². The standard InChI is InChI=1S/C11H11F2N3OS/c12-8-3-7(4-9(13)5-8)1-2-16-10(6-17)14-15-11(16)18/h3-5,17H,1-2,6H2,(H,15,18). The number of aromatic amines is 1. The Morgan fingerprint density at radius 3 is 2.56 bits per heavy atom. The van der Waals surface area contributed by atoms with Gasteiger partial charge in [-0.15, -0.1) is 0 Å². The number of benzene rings is 1. The highest BCUT2D eigenvalue weighted by Crippen LogP contribution is 2.10. The molecule has 0 amide bonds. The highest BCUT2D eigenvalue weighted by Gasteiger charge is 2.06. The number of aliphatic hydroxyl groups is 1. The highest BCUT2D eigenvalue weighted by molar-refractivity contribution is 7.71. The van der Waals surface area contributed by atoms with E-state index in [9.17, 15) is 8.78 Å². The summed E-state index contributed by atoms with van der Waals surface area (Å²) in [6, 6.07) is 3.36. The lowest BCUT2D eigenvalue weighted by Crippen LogP contribution is -2.07. The average Bonchev–Trinajstić information content (AvgIpc) is 2.66. The van der Waals surface area contributed by atoms with E-state index >= 15 is 0 Å². The van der Waals surface area contributed by atoms with Gasteiger partial charge in [0.2, 0.25) is 0 Å². The number of hydrogen-bond donors (Lipinski definition) is 2. The maximum absolute atomic E-state index is 13.0. The molecule has 0 aliphatic rings. The third-order valence-electron chi connectivity index (χ3n) is 2.53. The molecule has 96 valence electrons. The second-order valence-corrected chi connectivity index (χ2v) is 4.17. The Hall–Kier alpha value is -1.60. The molecule has 0 spiro atoms. The lowest BCUT2D eigenvalue weighted by Gasteiger charge is -2.05. The lowest BCUT2D eigenvalue weighted by molar-refractivity contribution is 0.264. The van der Waals surface area contributed by atoms with Crippen molar-refractivity contribution in [3.8, 4) is 0 Å². The van der Waals surface area contributed by atoms with E-state index in [0.29, 0.717) is 29.1 Å². The van der Waals surface area contributed by atoms with Crippen molar-refractivity contribution in [2.75, 3.05) is 0 Å². The van der Waals surface area contributed by atoms with E-state index in [4.69, 9.17) is 17.3 Å². The molecule has 0 aliphatic carbocycles. The summed E-state index contributed by atoms with van der Waals surface area (Å²) in [4.78, 5) is 0. The first-order valence-electron chi connectivity index (χ1n) is 5.30. The maximum atomic E-state index is 13.0. The van der Waals surface area contributed by atoms with Crippen molar-refractivity contribution in [3.05, 3.63) is 46.0 Å². The van der Waals surface area contributed by atoms with Crippen LogP contribution in [0.5, 0.6) is 0 Å². The summed E-state index contributed by atoms with van der Waals surface area (Å²) in [5, 5.41) is 15.4. The molecule has 1 heterocycles. The normalized spacial score (nSPS) is 10.8. The minimum Gasteiger partial charge on any atom is -0.388 e. The van der Waals surface area contributed by atoms with Gasteiger partial charge in [-0.25, -0.2) is 8.78 Å². The van der Waals surface area contributed by atoms with Crippen LogP contribution in [0.15, 0.2) is 18.2 Å². The summed E-state index contributed by atoms with van der Waals surface area (Å²) in [5.41, 5.74) is 0.527. The molecule has 2 rings (SSSR count). The van der Waals surface area contributed by atoms with Gasteiger partial charge in [-0.2, -0.15) is 5.10 Å². The number of H-pyrrole nitrogens is 1. The fourth-order valence-corrected chi connectivity index (χ4v) is 1.94. The molecule has 2 N–H and O–H groups in total. The van der Waals surface area contributed by atoms with Gasteiger partial charge in [-0.05, 0) is 36.3 Å². The maximum Gasteiger partial charge on any atom is 0.195 e. The van der Waals surface area contributed by atoms with Crippen LogP contribution in [0.2, 0.25) is 0 Å². The molecule has 1 aromatic carbocycles. The van der Waals surface area contributed by atoms with Crippen molar-refractivity contribution >= 4 is 12.2 Å². The summed E-state index contributed by atoms with van der Waals surface area (Å²) in [6.07, 6.45) is 0.398. The van der Waals surface area contributed by atoms with Gasteiger partial charge in [0.25, 0.3) is 0 Å². The van der Waals surface area contributed by atoms with Crippen LogP contribution < -0.4 is 0 Å². The van der Waals surface area contributed by atoms with Gasteiger partial charge < -0.3 is 9.67 Å². The van der Waals surface area contributed by atoms with Gasteiger partial charge in [-0.1, -0.05) is 0 Å². The van der Waals surface area contributed by atoms with Crippen molar-refractivity contribution in [2.45, 2.75) is 19.6 Å². The number of rotatable bonds is 4. The second-order valence-electron chi connectivity index (χ2n) is 3.78. The van der Waals surface area contributed by atoms with Gasteiger partial charge >= 0.3 is 0 Å². The first-order chi connectivity index (χ1) is 8.60. The van der Waals surface area contributed by atoms with Crippen molar-refractivity contribution in [2.24, 2.45) is 0 Å². The molecule has 0 saturated heterocycles. The Morgan fingerprint density at radius 1 is 1.28 bits per heavy atom. The minimum atomic E-state index is -0.608. The van der Waals surface area contributed by atoms with Crippen LogP contribution in [0, 0.1) is 16.4 Å². The number of nitrogens with one attached hydrogen (secondary N) is 1. The minimum absolute atomic E-state index is 0.245. The number of hydrogen-bond acceptors (Lipinski definition) is 3. The van der Waals surface area contributed by atoms with E-state index in [0.717, 1.165) is 6.07 Å². The fourth-order valence-electron chi connectivity index (χ4n) is 1.70. The number of nitrogens with zero attached hydrogens (tertiary/aromatic N) is 2. The molecule has 0 radical (unpaired) electrons. The van der Waals surface area contributed by atoms with Crippen LogP contribution in [0.3, 0.4) is 0 Å². The third-order valence-corrected chi connectivity index (χ3v) is 2.84. The van der Waals surface area contributed by atoms with Crippen molar-refractivity contribution in [1.82, 2.24) is 14.8 Å². The van der Waals surface area contributed by atoms with Crippen LogP contribution in [0.4, 0.5) is 8.78 Å². The summed E-state index contributed by atoms with van der Waals surface area (Å²) in [5.74, 6) is -0.816. The molecule has 0 saturated carbocycles. The third kappa shape index (κ3) is 2.80. The van der Waals surface area contributed by atoms with Crippen LogP contribution >= 0.6 is 12.2 Å². The van der Waals surface area contributed by atoms with Crippen molar-refractivity contribution < 1.29 is 13.9 Å². The number of halogens is 2. The molecule has 7 heteroatoms. The first kappa shape index (κ1) is 12.8. The Balaban J connectivity index is 2.16. The van der Waals surface area contributed by atoms with Gasteiger partial charge in [-0.3, -0.25) is 5.10 Å². The lowest BCUT2D eigenvalue weighted by atomic mass is 10.1. The SMILES string of the molecule is OCc1n[nH]c(=S)n1CCc1cc(F)cc(F)c1. The Labute approximate surface area is 107 Å². The molecule has 1 aromatic heterocycles. The Bertz CT molecular complexity index is 588. The molecule has 0 aliphatic heterocycles. The van der Waals surface area contributed by atoms with Gasteiger partial charge in [0.05, 0.1) is 0 Å². The fraction of sp³-hybridized carbons (Fsp3) is 0.273. The Kier molecular flexibility index (Phi) is 3.83. The smallest absolute Gasteiger partial charge is 0.195 e. The molecular formula is C11H11F2N3OS. The summed E-state index contributed by atoms with van der Waals surface area (Å²) in [7, 11) is 0. The molecule has 0 fully saturated rings. The van der Waals surface area contributed by atoms with E-state index in [1.807, 2.05) is 0 Å².